The Morgan fingerprint density at radius 3 is 2.25 bits per heavy atom. The van der Waals surface area contributed by atoms with Crippen LogP contribution in [0.4, 0.5) is 8.78 Å². The number of aryl methyl sites for hydroxylation is 2. The Balaban J connectivity index is 2.48. The highest BCUT2D eigenvalue weighted by atomic mass is 19.1. The maximum absolute atomic E-state index is 14.1. The summed E-state index contributed by atoms with van der Waals surface area (Å²) in [6.07, 6.45) is 0. The summed E-state index contributed by atoms with van der Waals surface area (Å²) in [6.45, 7) is 6.33. The van der Waals surface area contributed by atoms with Gasteiger partial charge in [0.2, 0.25) is 0 Å². The summed E-state index contributed by atoms with van der Waals surface area (Å²) in [4.78, 5) is 0. The van der Waals surface area contributed by atoms with Crippen LogP contribution in [0.3, 0.4) is 0 Å². The zero-order chi connectivity index (χ0) is 14.7. The maximum atomic E-state index is 14.1. The first-order valence-corrected chi connectivity index (χ1v) is 6.78. The molecule has 0 saturated heterocycles. The molecule has 1 atom stereocenters. The molecule has 0 aliphatic rings. The van der Waals surface area contributed by atoms with E-state index in [1.54, 1.807) is 13.0 Å². The van der Waals surface area contributed by atoms with E-state index in [-0.39, 0.29) is 6.04 Å². The first-order valence-electron chi connectivity index (χ1n) is 6.78. The lowest BCUT2D eigenvalue weighted by Gasteiger charge is -2.20. The Bertz CT molecular complexity index is 591. The predicted molar refractivity (Wildman–Crippen MR) is 77.8 cm³/mol. The maximum Gasteiger partial charge on any atom is 0.131 e. The van der Waals surface area contributed by atoms with Crippen LogP contribution in [0, 0.1) is 25.5 Å². The zero-order valence-electron chi connectivity index (χ0n) is 12.0. The molecule has 1 N–H and O–H groups in total. The fourth-order valence-electron chi connectivity index (χ4n) is 2.27. The van der Waals surface area contributed by atoms with Crippen LogP contribution in [0.2, 0.25) is 0 Å². The lowest BCUT2D eigenvalue weighted by atomic mass is 9.96. The first-order chi connectivity index (χ1) is 9.52. The van der Waals surface area contributed by atoms with Crippen molar-refractivity contribution in [2.45, 2.75) is 26.8 Å². The van der Waals surface area contributed by atoms with Crippen molar-refractivity contribution < 1.29 is 8.78 Å². The summed E-state index contributed by atoms with van der Waals surface area (Å²) in [7, 11) is 0. The highest BCUT2D eigenvalue weighted by Crippen LogP contribution is 2.26. The minimum absolute atomic E-state index is 0.264. The van der Waals surface area contributed by atoms with Crippen molar-refractivity contribution in [2.75, 3.05) is 6.54 Å². The molecule has 0 fully saturated rings. The van der Waals surface area contributed by atoms with Crippen molar-refractivity contribution in [3.63, 3.8) is 0 Å². The molecule has 106 valence electrons. The van der Waals surface area contributed by atoms with E-state index in [1.165, 1.54) is 0 Å². The number of nitrogens with one attached hydrogen (secondary N) is 1. The minimum atomic E-state index is -0.514. The molecule has 2 rings (SSSR count). The molecular weight excluding hydrogens is 256 g/mol. The highest BCUT2D eigenvalue weighted by Gasteiger charge is 2.18. The van der Waals surface area contributed by atoms with Gasteiger partial charge in [0.05, 0.1) is 6.04 Å². The van der Waals surface area contributed by atoms with Crippen molar-refractivity contribution in [3.8, 4) is 0 Å². The van der Waals surface area contributed by atoms with Gasteiger partial charge in [0, 0.05) is 11.6 Å². The third kappa shape index (κ3) is 3.05. The molecule has 0 spiro atoms. The van der Waals surface area contributed by atoms with E-state index in [0.29, 0.717) is 17.7 Å². The molecule has 2 aromatic rings. The van der Waals surface area contributed by atoms with E-state index >= 15 is 0 Å². The third-order valence-electron chi connectivity index (χ3n) is 3.41. The SMILES string of the molecule is CCNC(c1ccc(C)cc1)c1cc(C)c(F)cc1F. The smallest absolute Gasteiger partial charge is 0.131 e. The van der Waals surface area contributed by atoms with Gasteiger partial charge in [-0.2, -0.15) is 0 Å². The van der Waals surface area contributed by atoms with Crippen molar-refractivity contribution in [3.05, 3.63) is 70.3 Å². The van der Waals surface area contributed by atoms with Crippen LogP contribution in [0.5, 0.6) is 0 Å². The summed E-state index contributed by atoms with van der Waals surface area (Å²) in [5, 5.41) is 3.26. The second kappa shape index (κ2) is 6.14. The van der Waals surface area contributed by atoms with E-state index < -0.39 is 11.6 Å². The van der Waals surface area contributed by atoms with E-state index in [2.05, 4.69) is 5.32 Å². The molecule has 3 heteroatoms. The van der Waals surface area contributed by atoms with Crippen molar-refractivity contribution in [2.24, 2.45) is 0 Å². The molecule has 20 heavy (non-hydrogen) atoms. The number of hydrogen-bond acceptors (Lipinski definition) is 1. The standard InChI is InChI=1S/C17H19F2N/c1-4-20-17(13-7-5-11(2)6-8-13)14-9-12(3)15(18)10-16(14)19/h5-10,17,20H,4H2,1-3H3. The van der Waals surface area contributed by atoms with E-state index in [0.717, 1.165) is 17.2 Å². The van der Waals surface area contributed by atoms with Crippen molar-refractivity contribution in [1.29, 1.82) is 0 Å². The van der Waals surface area contributed by atoms with Gasteiger partial charge in [-0.3, -0.25) is 0 Å². The molecule has 1 unspecified atom stereocenters. The first kappa shape index (κ1) is 14.7. The monoisotopic (exact) mass is 275 g/mol. The minimum Gasteiger partial charge on any atom is -0.306 e. The molecule has 0 aromatic heterocycles. The van der Waals surface area contributed by atoms with E-state index in [9.17, 15) is 8.78 Å². The van der Waals surface area contributed by atoms with Crippen molar-refractivity contribution in [1.82, 2.24) is 5.32 Å². The van der Waals surface area contributed by atoms with Crippen LogP contribution < -0.4 is 5.32 Å². The molecular formula is C17H19F2N. The molecule has 0 aliphatic heterocycles. The number of benzene rings is 2. The summed E-state index contributed by atoms with van der Waals surface area (Å²) < 4.78 is 27.5. The molecule has 0 aliphatic carbocycles. The summed E-state index contributed by atoms with van der Waals surface area (Å²) in [5.41, 5.74) is 3.06. The number of rotatable bonds is 4. The fraction of sp³-hybridized carbons (Fsp3) is 0.294. The molecule has 0 saturated carbocycles. The number of hydrogen-bond donors (Lipinski definition) is 1. The van der Waals surface area contributed by atoms with Gasteiger partial charge in [0.25, 0.3) is 0 Å². The predicted octanol–water partition coefficient (Wildman–Crippen LogP) is 4.28. The average Bonchev–Trinajstić information content (AvgIpc) is 2.42. The Labute approximate surface area is 118 Å². The van der Waals surface area contributed by atoms with E-state index in [1.807, 2.05) is 38.1 Å². The topological polar surface area (TPSA) is 12.0 Å². The summed E-state index contributed by atoms with van der Waals surface area (Å²) in [5.74, 6) is -1.02. The third-order valence-corrected chi connectivity index (χ3v) is 3.41. The van der Waals surface area contributed by atoms with Crippen LogP contribution in [0.1, 0.15) is 35.2 Å². The fourth-order valence-corrected chi connectivity index (χ4v) is 2.27. The van der Waals surface area contributed by atoms with Crippen molar-refractivity contribution >= 4 is 0 Å². The molecule has 1 nitrogen and oxygen atoms in total. The quantitative estimate of drug-likeness (QED) is 0.878. The largest absolute Gasteiger partial charge is 0.306 e. The van der Waals surface area contributed by atoms with Gasteiger partial charge in [-0.05, 0) is 37.6 Å². The van der Waals surface area contributed by atoms with Crippen LogP contribution in [0.25, 0.3) is 0 Å². The van der Waals surface area contributed by atoms with Crippen LogP contribution in [-0.2, 0) is 0 Å². The molecule has 0 radical (unpaired) electrons. The lowest BCUT2D eigenvalue weighted by Crippen LogP contribution is -2.23. The van der Waals surface area contributed by atoms with E-state index in [4.69, 9.17) is 0 Å². The molecule has 2 aromatic carbocycles. The second-order valence-corrected chi connectivity index (χ2v) is 5.02. The Kier molecular flexibility index (Phi) is 4.50. The van der Waals surface area contributed by atoms with Crippen LogP contribution in [-0.4, -0.2) is 6.54 Å². The zero-order valence-corrected chi connectivity index (χ0v) is 12.0. The normalized spacial score (nSPS) is 12.4. The van der Waals surface area contributed by atoms with Gasteiger partial charge in [0.15, 0.2) is 0 Å². The Morgan fingerprint density at radius 1 is 1.00 bits per heavy atom. The average molecular weight is 275 g/mol. The lowest BCUT2D eigenvalue weighted by molar-refractivity contribution is 0.537. The second-order valence-electron chi connectivity index (χ2n) is 5.02. The van der Waals surface area contributed by atoms with Crippen LogP contribution >= 0.6 is 0 Å². The van der Waals surface area contributed by atoms with Gasteiger partial charge in [-0.15, -0.1) is 0 Å². The summed E-state index contributed by atoms with van der Waals surface area (Å²) >= 11 is 0. The summed E-state index contributed by atoms with van der Waals surface area (Å²) in [6, 6.07) is 10.2. The van der Waals surface area contributed by atoms with Gasteiger partial charge >= 0.3 is 0 Å². The van der Waals surface area contributed by atoms with Gasteiger partial charge < -0.3 is 5.32 Å². The van der Waals surface area contributed by atoms with Crippen LogP contribution in [0.15, 0.2) is 36.4 Å². The molecule has 0 amide bonds. The molecule has 0 bridgehead atoms. The highest BCUT2D eigenvalue weighted by molar-refractivity contribution is 5.36. The number of halogens is 2. The van der Waals surface area contributed by atoms with Gasteiger partial charge in [0.1, 0.15) is 11.6 Å². The molecule has 0 heterocycles. The van der Waals surface area contributed by atoms with Gasteiger partial charge in [-0.1, -0.05) is 36.8 Å². The Hall–Kier alpha value is -1.74. The van der Waals surface area contributed by atoms with Gasteiger partial charge in [-0.25, -0.2) is 8.78 Å². The Morgan fingerprint density at radius 2 is 1.65 bits per heavy atom.